The Morgan fingerprint density at radius 1 is 1.07 bits per heavy atom. The standard InChI is InChI=1S/C21H23N3O3/c1-4-22-12-15-6-5-7-16(11-15)23-19(25)14(3)24-20(26)17-9-8-13(2)10-18(17)21(24)27/h5-11,14,22H,4,12H2,1-3H3,(H,23,25). The molecule has 0 spiro atoms. The highest BCUT2D eigenvalue weighted by Gasteiger charge is 2.40. The van der Waals surface area contributed by atoms with E-state index in [1.807, 2.05) is 32.0 Å². The lowest BCUT2D eigenvalue weighted by molar-refractivity contribution is -0.119. The average molecular weight is 365 g/mol. The third kappa shape index (κ3) is 3.75. The second-order valence-electron chi connectivity index (χ2n) is 6.68. The molecule has 3 rings (SSSR count). The number of aryl methyl sites for hydroxylation is 1. The van der Waals surface area contributed by atoms with E-state index in [1.54, 1.807) is 31.2 Å². The first-order valence-electron chi connectivity index (χ1n) is 9.01. The summed E-state index contributed by atoms with van der Waals surface area (Å²) in [5.41, 5.74) is 3.27. The van der Waals surface area contributed by atoms with Gasteiger partial charge < -0.3 is 10.6 Å². The minimum Gasteiger partial charge on any atom is -0.324 e. The number of carbonyl (C=O) groups is 3. The molecule has 2 aromatic carbocycles. The SMILES string of the molecule is CCNCc1cccc(NC(=O)C(C)N2C(=O)c3ccc(C)cc3C2=O)c1. The molecule has 0 saturated carbocycles. The first-order chi connectivity index (χ1) is 12.9. The topological polar surface area (TPSA) is 78.5 Å². The van der Waals surface area contributed by atoms with Crippen LogP contribution in [-0.2, 0) is 11.3 Å². The Morgan fingerprint density at radius 3 is 2.56 bits per heavy atom. The van der Waals surface area contributed by atoms with Crippen molar-refractivity contribution in [2.45, 2.75) is 33.4 Å². The van der Waals surface area contributed by atoms with Crippen LogP contribution in [0.4, 0.5) is 5.69 Å². The van der Waals surface area contributed by atoms with Gasteiger partial charge in [-0.1, -0.05) is 30.7 Å². The first kappa shape index (κ1) is 18.8. The van der Waals surface area contributed by atoms with E-state index in [9.17, 15) is 14.4 Å². The second-order valence-corrected chi connectivity index (χ2v) is 6.68. The van der Waals surface area contributed by atoms with Gasteiger partial charge in [-0.05, 0) is 50.2 Å². The number of fused-ring (bicyclic) bond motifs is 1. The van der Waals surface area contributed by atoms with E-state index in [4.69, 9.17) is 0 Å². The summed E-state index contributed by atoms with van der Waals surface area (Å²) < 4.78 is 0. The van der Waals surface area contributed by atoms with Gasteiger partial charge in [0.05, 0.1) is 11.1 Å². The molecular weight excluding hydrogens is 342 g/mol. The van der Waals surface area contributed by atoms with Crippen molar-refractivity contribution in [2.75, 3.05) is 11.9 Å². The monoisotopic (exact) mass is 365 g/mol. The van der Waals surface area contributed by atoms with Gasteiger partial charge in [0, 0.05) is 12.2 Å². The molecule has 0 fully saturated rings. The zero-order chi connectivity index (χ0) is 19.6. The van der Waals surface area contributed by atoms with Crippen LogP contribution in [0.15, 0.2) is 42.5 Å². The number of carbonyl (C=O) groups excluding carboxylic acids is 3. The first-order valence-corrected chi connectivity index (χ1v) is 9.01. The molecule has 0 aromatic heterocycles. The fourth-order valence-electron chi connectivity index (χ4n) is 3.12. The van der Waals surface area contributed by atoms with Crippen LogP contribution in [-0.4, -0.2) is 35.2 Å². The summed E-state index contributed by atoms with van der Waals surface area (Å²) in [5.74, 6) is -1.26. The van der Waals surface area contributed by atoms with Crippen LogP contribution in [0.3, 0.4) is 0 Å². The van der Waals surface area contributed by atoms with E-state index < -0.39 is 23.8 Å². The predicted octanol–water partition coefficient (Wildman–Crippen LogP) is 2.73. The number of amides is 3. The quantitative estimate of drug-likeness (QED) is 0.772. The van der Waals surface area contributed by atoms with Crippen LogP contribution in [0.1, 0.15) is 45.7 Å². The summed E-state index contributed by atoms with van der Waals surface area (Å²) in [4.78, 5) is 38.9. The predicted molar refractivity (Wildman–Crippen MR) is 104 cm³/mol. The van der Waals surface area contributed by atoms with E-state index in [-0.39, 0.29) is 0 Å². The molecule has 1 aliphatic rings. The highest BCUT2D eigenvalue weighted by Crippen LogP contribution is 2.26. The molecule has 27 heavy (non-hydrogen) atoms. The summed E-state index contributed by atoms with van der Waals surface area (Å²) in [7, 11) is 0. The Balaban J connectivity index is 1.75. The fourth-order valence-corrected chi connectivity index (χ4v) is 3.12. The Kier molecular flexibility index (Phi) is 5.37. The third-order valence-corrected chi connectivity index (χ3v) is 4.61. The molecule has 0 aliphatic carbocycles. The number of nitrogens with one attached hydrogen (secondary N) is 2. The van der Waals surface area contributed by atoms with E-state index >= 15 is 0 Å². The van der Waals surface area contributed by atoms with Crippen molar-refractivity contribution in [3.63, 3.8) is 0 Å². The number of hydrogen-bond acceptors (Lipinski definition) is 4. The number of benzene rings is 2. The van der Waals surface area contributed by atoms with E-state index in [0.717, 1.165) is 22.6 Å². The number of nitrogens with zero attached hydrogens (tertiary/aromatic N) is 1. The fraction of sp³-hybridized carbons (Fsp3) is 0.286. The van der Waals surface area contributed by atoms with Crippen molar-refractivity contribution in [1.82, 2.24) is 10.2 Å². The van der Waals surface area contributed by atoms with Gasteiger partial charge in [-0.2, -0.15) is 0 Å². The maximum absolute atomic E-state index is 12.7. The summed E-state index contributed by atoms with van der Waals surface area (Å²) in [6.07, 6.45) is 0. The minimum absolute atomic E-state index is 0.345. The van der Waals surface area contributed by atoms with Gasteiger partial charge in [-0.25, -0.2) is 0 Å². The van der Waals surface area contributed by atoms with Crippen LogP contribution >= 0.6 is 0 Å². The Morgan fingerprint density at radius 2 is 1.81 bits per heavy atom. The van der Waals surface area contributed by atoms with E-state index in [0.29, 0.717) is 23.4 Å². The van der Waals surface area contributed by atoms with Gasteiger partial charge in [0.25, 0.3) is 11.8 Å². The second kappa shape index (κ2) is 7.72. The van der Waals surface area contributed by atoms with Gasteiger partial charge in [-0.3, -0.25) is 19.3 Å². The molecule has 1 aliphatic heterocycles. The van der Waals surface area contributed by atoms with Crippen molar-refractivity contribution >= 4 is 23.4 Å². The molecule has 3 amide bonds. The smallest absolute Gasteiger partial charge is 0.262 e. The van der Waals surface area contributed by atoms with E-state index in [2.05, 4.69) is 10.6 Å². The molecule has 2 aromatic rings. The Bertz CT molecular complexity index is 907. The highest BCUT2D eigenvalue weighted by atomic mass is 16.2. The van der Waals surface area contributed by atoms with E-state index in [1.165, 1.54) is 0 Å². The van der Waals surface area contributed by atoms with Gasteiger partial charge >= 0.3 is 0 Å². The molecule has 0 bridgehead atoms. The van der Waals surface area contributed by atoms with Crippen LogP contribution in [0.25, 0.3) is 0 Å². The van der Waals surface area contributed by atoms with Gasteiger partial charge in [0.15, 0.2) is 0 Å². The number of anilines is 1. The number of imide groups is 1. The normalized spacial score (nSPS) is 14.3. The zero-order valence-corrected chi connectivity index (χ0v) is 15.7. The number of rotatable bonds is 6. The van der Waals surface area contributed by atoms with Gasteiger partial charge in [-0.15, -0.1) is 0 Å². The Labute approximate surface area is 158 Å². The van der Waals surface area contributed by atoms with Gasteiger partial charge in [0.2, 0.25) is 5.91 Å². The summed E-state index contributed by atoms with van der Waals surface area (Å²) in [6, 6.07) is 11.7. The Hall–Kier alpha value is -2.99. The number of hydrogen-bond donors (Lipinski definition) is 2. The summed E-state index contributed by atoms with van der Waals surface area (Å²) >= 11 is 0. The third-order valence-electron chi connectivity index (χ3n) is 4.61. The summed E-state index contributed by atoms with van der Waals surface area (Å²) in [5, 5.41) is 6.03. The molecule has 1 atom stereocenters. The average Bonchev–Trinajstić information content (AvgIpc) is 2.89. The molecule has 6 nitrogen and oxygen atoms in total. The van der Waals surface area contributed by atoms with Crippen LogP contribution in [0.2, 0.25) is 0 Å². The van der Waals surface area contributed by atoms with Crippen LogP contribution in [0.5, 0.6) is 0 Å². The van der Waals surface area contributed by atoms with Crippen molar-refractivity contribution in [1.29, 1.82) is 0 Å². The van der Waals surface area contributed by atoms with Crippen LogP contribution in [0, 0.1) is 6.92 Å². The largest absolute Gasteiger partial charge is 0.324 e. The molecule has 1 unspecified atom stereocenters. The maximum atomic E-state index is 12.7. The lowest BCUT2D eigenvalue weighted by atomic mass is 10.1. The minimum atomic E-state index is -0.907. The van der Waals surface area contributed by atoms with Gasteiger partial charge in [0.1, 0.15) is 6.04 Å². The van der Waals surface area contributed by atoms with Crippen molar-refractivity contribution < 1.29 is 14.4 Å². The van der Waals surface area contributed by atoms with Crippen LogP contribution < -0.4 is 10.6 Å². The molecule has 6 heteroatoms. The molecule has 0 saturated heterocycles. The summed E-state index contributed by atoms with van der Waals surface area (Å²) in [6.45, 7) is 7.00. The molecular formula is C21H23N3O3. The lowest BCUT2D eigenvalue weighted by Gasteiger charge is -2.21. The molecule has 1 heterocycles. The highest BCUT2D eigenvalue weighted by molar-refractivity contribution is 6.23. The maximum Gasteiger partial charge on any atom is 0.262 e. The molecule has 0 radical (unpaired) electrons. The molecule has 140 valence electrons. The molecule has 2 N–H and O–H groups in total. The van der Waals surface area contributed by atoms with Crippen molar-refractivity contribution in [2.24, 2.45) is 0 Å². The lowest BCUT2D eigenvalue weighted by Crippen LogP contribution is -2.45. The van der Waals surface area contributed by atoms with Crippen molar-refractivity contribution in [3.05, 3.63) is 64.7 Å². The zero-order valence-electron chi connectivity index (χ0n) is 15.7. The van der Waals surface area contributed by atoms with Crippen molar-refractivity contribution in [3.8, 4) is 0 Å².